The first-order chi connectivity index (χ1) is 14.6. The number of carbonyl (C=O) groups is 1. The van der Waals surface area contributed by atoms with E-state index in [4.69, 9.17) is 4.52 Å². The van der Waals surface area contributed by atoms with Crippen molar-refractivity contribution in [2.75, 3.05) is 5.32 Å². The van der Waals surface area contributed by atoms with E-state index in [0.29, 0.717) is 32.5 Å². The van der Waals surface area contributed by atoms with Crippen molar-refractivity contribution < 1.29 is 9.32 Å². The number of nitrogens with one attached hydrogen (secondary N) is 1. The molecule has 0 aliphatic carbocycles. The smallest absolute Gasteiger partial charge is 0.259 e. The Morgan fingerprint density at radius 3 is 2.80 bits per heavy atom. The van der Waals surface area contributed by atoms with E-state index >= 15 is 0 Å². The number of pyridine rings is 2. The van der Waals surface area contributed by atoms with E-state index in [9.17, 15) is 4.79 Å². The molecule has 0 aromatic carbocycles. The second-order valence-corrected chi connectivity index (χ2v) is 7.49. The van der Waals surface area contributed by atoms with Gasteiger partial charge in [0.25, 0.3) is 11.6 Å². The fraction of sp³-hybridized carbons (Fsp3) is 0.105. The predicted molar refractivity (Wildman–Crippen MR) is 110 cm³/mol. The van der Waals surface area contributed by atoms with Gasteiger partial charge in [-0.3, -0.25) is 19.8 Å². The predicted octanol–water partition coefficient (Wildman–Crippen LogP) is 3.10. The zero-order valence-electron chi connectivity index (χ0n) is 15.9. The van der Waals surface area contributed by atoms with Gasteiger partial charge in [-0.25, -0.2) is 4.98 Å². The van der Waals surface area contributed by atoms with E-state index in [1.165, 1.54) is 11.3 Å². The summed E-state index contributed by atoms with van der Waals surface area (Å²) >= 11 is 1.27. The Bertz CT molecular complexity index is 1370. The fourth-order valence-electron chi connectivity index (χ4n) is 3.02. The first kappa shape index (κ1) is 18.1. The van der Waals surface area contributed by atoms with Gasteiger partial charge in [-0.05, 0) is 25.1 Å². The summed E-state index contributed by atoms with van der Waals surface area (Å²) < 4.78 is 6.98. The lowest BCUT2D eigenvalue weighted by atomic mass is 10.1. The number of hydrogen-bond donors (Lipinski definition) is 1. The number of aryl methyl sites for hydroxylation is 2. The number of anilines is 1. The Balaban J connectivity index is 1.51. The minimum atomic E-state index is -0.351. The summed E-state index contributed by atoms with van der Waals surface area (Å²) in [6.45, 7) is 1.76. The minimum absolute atomic E-state index is 0.286. The summed E-state index contributed by atoms with van der Waals surface area (Å²) in [5.74, 6) is -0.351. The Labute approximate surface area is 173 Å². The van der Waals surface area contributed by atoms with Crippen LogP contribution in [0, 0.1) is 6.92 Å². The molecule has 5 rings (SSSR count). The van der Waals surface area contributed by atoms with Gasteiger partial charge in [-0.2, -0.15) is 5.10 Å². The van der Waals surface area contributed by atoms with Crippen molar-refractivity contribution in [2.45, 2.75) is 6.92 Å². The highest BCUT2D eigenvalue weighted by molar-refractivity contribution is 7.18. The van der Waals surface area contributed by atoms with Crippen LogP contribution >= 0.6 is 11.3 Å². The minimum Gasteiger partial charge on any atom is -0.335 e. The third kappa shape index (κ3) is 3.20. The zero-order valence-corrected chi connectivity index (χ0v) is 16.7. The van der Waals surface area contributed by atoms with Crippen molar-refractivity contribution in [1.29, 1.82) is 0 Å². The lowest BCUT2D eigenvalue weighted by Gasteiger charge is -2.05. The topological polar surface area (TPSA) is 125 Å². The quantitative estimate of drug-likeness (QED) is 0.472. The second-order valence-electron chi connectivity index (χ2n) is 6.51. The monoisotopic (exact) mass is 418 g/mol. The standard InChI is InChI=1S/C19H14N8O2S/c1-10-15-13(7-14(22-17(15)29-26-10)12-8-21-27(2)9-12)16(28)23-19-25-24-18(30-19)11-3-5-20-6-4-11/h3-9H,1-2H3,(H,23,25,28). The van der Waals surface area contributed by atoms with Crippen LogP contribution in [0.5, 0.6) is 0 Å². The van der Waals surface area contributed by atoms with E-state index in [1.54, 1.807) is 36.3 Å². The number of rotatable bonds is 4. The molecule has 0 saturated carbocycles. The molecule has 0 fully saturated rings. The number of carbonyl (C=O) groups excluding carboxylic acids is 1. The van der Waals surface area contributed by atoms with Gasteiger partial charge in [0.1, 0.15) is 5.01 Å². The molecule has 0 saturated heterocycles. The first-order valence-corrected chi connectivity index (χ1v) is 9.71. The van der Waals surface area contributed by atoms with Gasteiger partial charge in [0.15, 0.2) is 0 Å². The number of nitrogens with zero attached hydrogens (tertiary/aromatic N) is 7. The molecule has 0 spiro atoms. The van der Waals surface area contributed by atoms with Crippen LogP contribution in [0.2, 0.25) is 0 Å². The van der Waals surface area contributed by atoms with Crippen LogP contribution in [0.3, 0.4) is 0 Å². The summed E-state index contributed by atoms with van der Waals surface area (Å²) in [4.78, 5) is 21.6. The summed E-state index contributed by atoms with van der Waals surface area (Å²) in [5.41, 5.74) is 3.45. The molecule has 30 heavy (non-hydrogen) atoms. The van der Waals surface area contributed by atoms with E-state index in [-0.39, 0.29) is 11.6 Å². The molecule has 1 N–H and O–H groups in total. The Morgan fingerprint density at radius 2 is 2.03 bits per heavy atom. The van der Waals surface area contributed by atoms with Gasteiger partial charge in [0, 0.05) is 36.8 Å². The highest BCUT2D eigenvalue weighted by Gasteiger charge is 2.21. The van der Waals surface area contributed by atoms with Crippen LogP contribution in [0.25, 0.3) is 32.9 Å². The summed E-state index contributed by atoms with van der Waals surface area (Å²) in [5, 5.41) is 20.8. The molecule has 0 aliphatic heterocycles. The maximum atomic E-state index is 13.1. The molecular formula is C19H14N8O2S. The van der Waals surface area contributed by atoms with Gasteiger partial charge in [-0.15, -0.1) is 10.2 Å². The number of fused-ring (bicyclic) bond motifs is 1. The highest BCUT2D eigenvalue weighted by atomic mass is 32.1. The third-order valence-electron chi connectivity index (χ3n) is 4.44. The highest BCUT2D eigenvalue weighted by Crippen LogP contribution is 2.29. The van der Waals surface area contributed by atoms with Crippen molar-refractivity contribution in [3.63, 3.8) is 0 Å². The molecule has 0 bridgehead atoms. The van der Waals surface area contributed by atoms with E-state index < -0.39 is 0 Å². The second kappa shape index (κ2) is 7.12. The average Bonchev–Trinajstić information content (AvgIpc) is 3.49. The lowest BCUT2D eigenvalue weighted by Crippen LogP contribution is -2.13. The molecule has 5 aromatic rings. The largest absolute Gasteiger partial charge is 0.335 e. The van der Waals surface area contributed by atoms with Gasteiger partial charge in [0.2, 0.25) is 5.13 Å². The number of amides is 1. The van der Waals surface area contributed by atoms with E-state index in [2.05, 4.69) is 35.7 Å². The molecule has 10 nitrogen and oxygen atoms in total. The zero-order chi connectivity index (χ0) is 20.7. The van der Waals surface area contributed by atoms with Crippen molar-refractivity contribution in [3.05, 3.63) is 54.2 Å². The first-order valence-electron chi connectivity index (χ1n) is 8.90. The molecule has 0 atom stereocenters. The molecule has 5 aromatic heterocycles. The summed E-state index contributed by atoms with van der Waals surface area (Å²) in [7, 11) is 1.81. The lowest BCUT2D eigenvalue weighted by molar-refractivity contribution is 0.102. The summed E-state index contributed by atoms with van der Waals surface area (Å²) in [6.07, 6.45) is 6.84. The molecule has 0 radical (unpaired) electrons. The van der Waals surface area contributed by atoms with Gasteiger partial charge < -0.3 is 4.52 Å². The normalized spacial score (nSPS) is 11.1. The average molecular weight is 418 g/mol. The Kier molecular flexibility index (Phi) is 4.29. The number of aromatic nitrogens is 7. The van der Waals surface area contributed by atoms with Gasteiger partial charge in [0.05, 0.1) is 28.5 Å². The van der Waals surface area contributed by atoms with Crippen molar-refractivity contribution in [1.82, 2.24) is 35.1 Å². The molecule has 11 heteroatoms. The molecule has 0 aliphatic rings. The van der Waals surface area contributed by atoms with Crippen molar-refractivity contribution >= 4 is 33.5 Å². The maximum absolute atomic E-state index is 13.1. The van der Waals surface area contributed by atoms with Crippen molar-refractivity contribution in [2.24, 2.45) is 7.05 Å². The Morgan fingerprint density at radius 1 is 1.20 bits per heavy atom. The van der Waals surface area contributed by atoms with Crippen LogP contribution in [0.15, 0.2) is 47.5 Å². The van der Waals surface area contributed by atoms with Crippen molar-refractivity contribution in [3.8, 4) is 21.8 Å². The van der Waals surface area contributed by atoms with Crippen LogP contribution in [0.1, 0.15) is 16.1 Å². The van der Waals surface area contributed by atoms with Gasteiger partial charge >= 0.3 is 0 Å². The molecular weight excluding hydrogens is 404 g/mol. The summed E-state index contributed by atoms with van der Waals surface area (Å²) in [6, 6.07) is 5.36. The molecule has 148 valence electrons. The van der Waals surface area contributed by atoms with Gasteiger partial charge in [-0.1, -0.05) is 16.5 Å². The van der Waals surface area contributed by atoms with E-state index in [0.717, 1.165) is 11.1 Å². The van der Waals surface area contributed by atoms with Crippen LogP contribution in [-0.2, 0) is 7.05 Å². The molecule has 1 amide bonds. The van der Waals surface area contributed by atoms with E-state index in [1.807, 2.05) is 25.4 Å². The van der Waals surface area contributed by atoms with Crippen LogP contribution < -0.4 is 5.32 Å². The number of hydrogen-bond acceptors (Lipinski definition) is 9. The molecule has 5 heterocycles. The van der Waals surface area contributed by atoms with Crippen LogP contribution in [-0.4, -0.2) is 41.0 Å². The third-order valence-corrected chi connectivity index (χ3v) is 5.32. The SMILES string of the molecule is Cc1noc2nc(-c3cnn(C)c3)cc(C(=O)Nc3nnc(-c4ccncc4)s3)c12. The fourth-order valence-corrected chi connectivity index (χ4v) is 3.77. The molecule has 0 unspecified atom stereocenters. The van der Waals surface area contributed by atoms with Crippen LogP contribution in [0.4, 0.5) is 5.13 Å². The Hall–Kier alpha value is -3.99. The maximum Gasteiger partial charge on any atom is 0.259 e.